The second-order valence-corrected chi connectivity index (χ2v) is 9.46. The van der Waals surface area contributed by atoms with Gasteiger partial charge in [0.05, 0.1) is 16.4 Å². The first-order valence-corrected chi connectivity index (χ1v) is 9.78. The molecule has 1 fully saturated rings. The molecule has 0 spiro atoms. The number of benzene rings is 1. The number of aryl methyl sites for hydroxylation is 1. The van der Waals surface area contributed by atoms with Crippen LogP contribution in [0.4, 0.5) is 0 Å². The van der Waals surface area contributed by atoms with Gasteiger partial charge in [-0.2, -0.15) is 0 Å². The summed E-state index contributed by atoms with van der Waals surface area (Å²) in [7, 11) is -6.80. The molecule has 1 heterocycles. The van der Waals surface area contributed by atoms with Crippen molar-refractivity contribution in [3.8, 4) is 0 Å². The molecule has 0 amide bonds. The summed E-state index contributed by atoms with van der Waals surface area (Å²) < 4.78 is 50.3. The maximum absolute atomic E-state index is 12.2. The molecule has 1 N–H and O–H groups in total. The first kappa shape index (κ1) is 15.0. The second kappa shape index (κ2) is 5.16. The van der Waals surface area contributed by atoms with Crippen molar-refractivity contribution >= 4 is 35.8 Å². The largest absolute Gasteiger partial charge is 0.241 e. The average molecular weight is 368 g/mol. The minimum Gasteiger partial charge on any atom is -0.229 e. The van der Waals surface area contributed by atoms with E-state index >= 15 is 0 Å². The smallest absolute Gasteiger partial charge is 0.229 e. The Balaban J connectivity index is 2.26. The van der Waals surface area contributed by atoms with Crippen molar-refractivity contribution in [3.05, 3.63) is 28.2 Å². The van der Waals surface area contributed by atoms with Crippen molar-refractivity contribution in [1.29, 1.82) is 0 Å². The maximum atomic E-state index is 12.2. The van der Waals surface area contributed by atoms with Crippen LogP contribution < -0.4 is 4.72 Å². The molecule has 0 radical (unpaired) electrons. The molecule has 1 saturated heterocycles. The van der Waals surface area contributed by atoms with Crippen molar-refractivity contribution in [2.75, 3.05) is 11.5 Å². The molecule has 0 bridgehead atoms. The summed E-state index contributed by atoms with van der Waals surface area (Å²) in [6.45, 7) is 1.70. The number of rotatable bonds is 3. The van der Waals surface area contributed by atoms with E-state index in [-0.39, 0.29) is 16.4 Å². The summed E-state index contributed by atoms with van der Waals surface area (Å²) in [5.41, 5.74) is 0.622. The Morgan fingerprint density at radius 2 is 2.05 bits per heavy atom. The van der Waals surface area contributed by atoms with Crippen LogP contribution in [0.2, 0.25) is 0 Å². The lowest BCUT2D eigenvalue weighted by Crippen LogP contribution is -2.35. The minimum absolute atomic E-state index is 0.0393. The number of sulfone groups is 1. The second-order valence-electron chi connectivity index (χ2n) is 4.63. The van der Waals surface area contributed by atoms with Crippen LogP contribution in [0.15, 0.2) is 27.6 Å². The van der Waals surface area contributed by atoms with E-state index in [4.69, 9.17) is 0 Å². The van der Waals surface area contributed by atoms with Gasteiger partial charge in [-0.1, -0.05) is 22.0 Å². The molecule has 0 saturated carbocycles. The Bertz CT molecular complexity index is 697. The van der Waals surface area contributed by atoms with Gasteiger partial charge in [0.25, 0.3) is 0 Å². The summed E-state index contributed by atoms with van der Waals surface area (Å²) in [5, 5.41) is 0. The predicted molar refractivity (Wildman–Crippen MR) is 76.3 cm³/mol. The third-order valence-corrected chi connectivity index (χ3v) is 6.92. The van der Waals surface area contributed by atoms with Crippen molar-refractivity contribution in [2.24, 2.45) is 0 Å². The van der Waals surface area contributed by atoms with Crippen LogP contribution in [0.3, 0.4) is 0 Å². The van der Waals surface area contributed by atoms with Gasteiger partial charge in [0.2, 0.25) is 10.0 Å². The number of hydrogen-bond donors (Lipinski definition) is 1. The van der Waals surface area contributed by atoms with E-state index < -0.39 is 25.9 Å². The fraction of sp³-hybridized carbons (Fsp3) is 0.455. The molecule has 1 atom stereocenters. The number of hydrogen-bond acceptors (Lipinski definition) is 4. The van der Waals surface area contributed by atoms with Gasteiger partial charge >= 0.3 is 0 Å². The SMILES string of the molecule is Cc1ccc(Br)cc1S(=O)(=O)N[C@H]1CCS(=O)(=O)C1. The molecule has 8 heteroatoms. The fourth-order valence-corrected chi connectivity index (χ4v) is 5.87. The molecule has 0 unspecified atom stereocenters. The molecule has 2 rings (SSSR count). The lowest BCUT2D eigenvalue weighted by Gasteiger charge is -2.13. The summed E-state index contributed by atoms with van der Waals surface area (Å²) in [5.74, 6) is -0.0864. The van der Waals surface area contributed by atoms with Gasteiger partial charge in [-0.25, -0.2) is 21.6 Å². The third kappa shape index (κ3) is 3.56. The normalized spacial score (nSPS) is 22.5. The van der Waals surface area contributed by atoms with E-state index in [1.54, 1.807) is 19.1 Å². The lowest BCUT2D eigenvalue weighted by atomic mass is 10.2. The standard InChI is InChI=1S/C11H14BrNO4S2/c1-8-2-3-9(12)6-11(8)19(16,17)13-10-4-5-18(14,15)7-10/h2-3,6,10,13H,4-5,7H2,1H3/t10-/m0/s1. The number of sulfonamides is 1. The maximum Gasteiger partial charge on any atom is 0.241 e. The highest BCUT2D eigenvalue weighted by atomic mass is 79.9. The van der Waals surface area contributed by atoms with Gasteiger partial charge in [-0.15, -0.1) is 0 Å². The van der Waals surface area contributed by atoms with Gasteiger partial charge in [-0.3, -0.25) is 0 Å². The fourth-order valence-electron chi connectivity index (χ4n) is 2.03. The van der Waals surface area contributed by atoms with Crippen molar-refractivity contribution in [2.45, 2.75) is 24.3 Å². The summed E-state index contributed by atoms with van der Waals surface area (Å²) >= 11 is 3.23. The molecule has 1 aromatic rings. The molecular formula is C11H14BrNO4S2. The van der Waals surface area contributed by atoms with Crippen LogP contribution in [0.25, 0.3) is 0 Å². The van der Waals surface area contributed by atoms with Crippen LogP contribution in [-0.2, 0) is 19.9 Å². The monoisotopic (exact) mass is 367 g/mol. The molecule has 106 valence electrons. The number of nitrogens with one attached hydrogen (secondary N) is 1. The van der Waals surface area contributed by atoms with Gasteiger partial charge in [0, 0.05) is 10.5 Å². The quantitative estimate of drug-likeness (QED) is 0.870. The van der Waals surface area contributed by atoms with Crippen LogP contribution in [0, 0.1) is 6.92 Å². The van der Waals surface area contributed by atoms with Crippen LogP contribution in [0.1, 0.15) is 12.0 Å². The predicted octanol–water partition coefficient (Wildman–Crippen LogP) is 1.22. The Labute approximate surface area is 121 Å². The summed E-state index contributed by atoms with van der Waals surface area (Å²) in [6.07, 6.45) is 0.328. The van der Waals surface area contributed by atoms with Gasteiger partial charge in [0.15, 0.2) is 9.84 Å². The molecular weight excluding hydrogens is 354 g/mol. The zero-order valence-corrected chi connectivity index (χ0v) is 13.5. The minimum atomic E-state index is -3.69. The highest BCUT2D eigenvalue weighted by molar-refractivity contribution is 9.10. The summed E-state index contributed by atoms with van der Waals surface area (Å²) in [4.78, 5) is 0.172. The molecule has 1 aliphatic rings. The van der Waals surface area contributed by atoms with E-state index in [1.807, 2.05) is 0 Å². The first-order valence-electron chi connectivity index (χ1n) is 5.68. The van der Waals surface area contributed by atoms with Crippen LogP contribution in [-0.4, -0.2) is 34.4 Å². The number of halogens is 1. The molecule has 19 heavy (non-hydrogen) atoms. The zero-order valence-electron chi connectivity index (χ0n) is 10.3. The van der Waals surface area contributed by atoms with E-state index in [1.165, 1.54) is 6.07 Å². The van der Waals surface area contributed by atoms with Gasteiger partial charge < -0.3 is 0 Å². The Morgan fingerprint density at radius 1 is 1.37 bits per heavy atom. The molecule has 1 aliphatic heterocycles. The topological polar surface area (TPSA) is 80.3 Å². The highest BCUT2D eigenvalue weighted by Gasteiger charge is 2.31. The summed E-state index contributed by atoms with van der Waals surface area (Å²) in [6, 6.07) is 4.44. The van der Waals surface area contributed by atoms with E-state index in [0.717, 1.165) is 0 Å². The van der Waals surface area contributed by atoms with E-state index in [9.17, 15) is 16.8 Å². The Kier molecular flexibility index (Phi) is 4.06. The molecule has 0 aliphatic carbocycles. The highest BCUT2D eigenvalue weighted by Crippen LogP contribution is 2.22. The van der Waals surface area contributed by atoms with E-state index in [2.05, 4.69) is 20.7 Å². The van der Waals surface area contributed by atoms with E-state index in [0.29, 0.717) is 16.5 Å². The third-order valence-electron chi connectivity index (χ3n) is 2.99. The van der Waals surface area contributed by atoms with Gasteiger partial charge in [-0.05, 0) is 31.0 Å². The average Bonchev–Trinajstić information content (AvgIpc) is 2.60. The first-order chi connectivity index (χ1) is 8.70. The zero-order chi connectivity index (χ0) is 14.3. The molecule has 1 aromatic carbocycles. The van der Waals surface area contributed by atoms with Crippen molar-refractivity contribution < 1.29 is 16.8 Å². The Morgan fingerprint density at radius 3 is 2.63 bits per heavy atom. The molecule has 0 aromatic heterocycles. The van der Waals surface area contributed by atoms with Crippen LogP contribution in [0.5, 0.6) is 0 Å². The van der Waals surface area contributed by atoms with Crippen LogP contribution >= 0.6 is 15.9 Å². The molecule has 5 nitrogen and oxygen atoms in total. The Hall–Kier alpha value is -0.440. The van der Waals surface area contributed by atoms with Gasteiger partial charge in [0.1, 0.15) is 0 Å². The van der Waals surface area contributed by atoms with Crippen molar-refractivity contribution in [3.63, 3.8) is 0 Å². The lowest BCUT2D eigenvalue weighted by molar-refractivity contribution is 0.562. The van der Waals surface area contributed by atoms with Crippen molar-refractivity contribution in [1.82, 2.24) is 4.72 Å².